The van der Waals surface area contributed by atoms with Gasteiger partial charge in [0.05, 0.1) is 0 Å². The summed E-state index contributed by atoms with van der Waals surface area (Å²) in [7, 11) is 0. The summed E-state index contributed by atoms with van der Waals surface area (Å²) in [6, 6.07) is 15.8. The Morgan fingerprint density at radius 3 is 0.807 bits per heavy atom. The van der Waals surface area contributed by atoms with Crippen LogP contribution in [0.3, 0.4) is 0 Å². The van der Waals surface area contributed by atoms with Gasteiger partial charge in [-0.25, -0.2) is 9.59 Å². The second kappa shape index (κ2) is 37.3. The molecule has 0 aromatic heterocycles. The van der Waals surface area contributed by atoms with Gasteiger partial charge < -0.3 is 21.3 Å². The Labute approximate surface area is 351 Å². The molecule has 57 heavy (non-hydrogen) atoms. The lowest BCUT2D eigenvalue weighted by Gasteiger charge is -2.10. The Balaban J connectivity index is 1.41. The second-order valence-electron chi connectivity index (χ2n) is 16.9. The quantitative estimate of drug-likeness (QED) is 0.0511. The summed E-state index contributed by atoms with van der Waals surface area (Å²) in [4.78, 5) is 24.8. The van der Waals surface area contributed by atoms with Gasteiger partial charge in [-0.05, 0) is 54.7 Å². The molecule has 324 valence electrons. The maximum Gasteiger partial charge on any atom is 0.319 e. The number of unbranched alkanes of at least 4 members (excludes halogenated alkanes) is 30. The van der Waals surface area contributed by atoms with Crippen LogP contribution in [0.5, 0.6) is 0 Å². The topological polar surface area (TPSA) is 82.3 Å². The van der Waals surface area contributed by atoms with Crippen LogP contribution in [0.25, 0.3) is 0 Å². The molecular weight excluding hydrogens is 701 g/mol. The van der Waals surface area contributed by atoms with Crippen molar-refractivity contribution in [1.82, 2.24) is 10.6 Å². The van der Waals surface area contributed by atoms with Crippen molar-refractivity contribution in [2.24, 2.45) is 0 Å². The first-order valence-electron chi connectivity index (χ1n) is 24.4. The lowest BCUT2D eigenvalue weighted by atomic mass is 10.0. The van der Waals surface area contributed by atoms with Crippen LogP contribution in [0.4, 0.5) is 21.0 Å². The molecule has 2 rings (SSSR count). The monoisotopic (exact) mass is 789 g/mol. The summed E-state index contributed by atoms with van der Waals surface area (Å²) >= 11 is 0. The molecule has 4 amide bonds. The highest BCUT2D eigenvalue weighted by Crippen LogP contribution is 2.18. The molecule has 0 saturated carbocycles. The van der Waals surface area contributed by atoms with Crippen molar-refractivity contribution in [2.75, 3.05) is 23.7 Å². The summed E-state index contributed by atoms with van der Waals surface area (Å²) < 4.78 is 0. The molecule has 0 fully saturated rings. The van der Waals surface area contributed by atoms with Crippen molar-refractivity contribution in [2.45, 2.75) is 226 Å². The number of hydrogen-bond donors (Lipinski definition) is 4. The molecule has 0 atom stereocenters. The third kappa shape index (κ3) is 30.7. The van der Waals surface area contributed by atoms with Gasteiger partial charge >= 0.3 is 12.1 Å². The van der Waals surface area contributed by atoms with Crippen LogP contribution >= 0.6 is 0 Å². The molecule has 2 aromatic rings. The molecule has 0 aliphatic carbocycles. The van der Waals surface area contributed by atoms with Crippen molar-refractivity contribution in [1.29, 1.82) is 0 Å². The molecule has 0 radical (unpaired) electrons. The normalized spacial score (nSPS) is 11.1. The molecule has 0 heterocycles. The number of carbonyl (C=O) groups excluding carboxylic acids is 2. The molecule has 0 aliphatic rings. The number of carbonyl (C=O) groups is 2. The second-order valence-corrected chi connectivity index (χ2v) is 16.9. The first-order valence-corrected chi connectivity index (χ1v) is 24.4. The van der Waals surface area contributed by atoms with Gasteiger partial charge in [-0.1, -0.05) is 231 Å². The van der Waals surface area contributed by atoms with Crippen LogP contribution in [0.1, 0.15) is 230 Å². The maximum absolute atomic E-state index is 12.4. The number of urea groups is 2. The Kier molecular flexibility index (Phi) is 32.8. The van der Waals surface area contributed by atoms with E-state index in [1.54, 1.807) is 0 Å². The van der Waals surface area contributed by atoms with Gasteiger partial charge in [0.1, 0.15) is 0 Å². The van der Waals surface area contributed by atoms with Gasteiger partial charge in [0.2, 0.25) is 0 Å². The maximum atomic E-state index is 12.4. The van der Waals surface area contributed by atoms with Gasteiger partial charge in [0.15, 0.2) is 0 Å². The van der Waals surface area contributed by atoms with Gasteiger partial charge in [-0.2, -0.15) is 0 Å². The molecule has 0 saturated heterocycles. The number of nitrogens with one attached hydrogen (secondary N) is 4. The third-order valence-corrected chi connectivity index (χ3v) is 11.5. The van der Waals surface area contributed by atoms with E-state index in [-0.39, 0.29) is 12.1 Å². The average Bonchev–Trinajstić information content (AvgIpc) is 3.21. The summed E-state index contributed by atoms with van der Waals surface area (Å²) in [6.45, 7) is 6.00. The number of amides is 4. The smallest absolute Gasteiger partial charge is 0.319 e. The highest BCUT2D eigenvalue weighted by Gasteiger charge is 2.05. The molecule has 0 unspecified atom stereocenters. The molecule has 2 aromatic carbocycles. The SMILES string of the molecule is CCCCCCCCCCCCCCCCCCNC(=O)Nc1ccc(Cc2ccc(NC(=O)NCCCCCCCCCCCCCCCCCC)cc2)cc1. The first-order chi connectivity index (χ1) is 28.1. The molecule has 4 N–H and O–H groups in total. The average molecular weight is 789 g/mol. The van der Waals surface area contributed by atoms with Gasteiger partial charge in [-0.15, -0.1) is 0 Å². The molecule has 0 aliphatic heterocycles. The van der Waals surface area contributed by atoms with E-state index in [9.17, 15) is 9.59 Å². The molecule has 0 bridgehead atoms. The van der Waals surface area contributed by atoms with Crippen LogP contribution in [-0.4, -0.2) is 25.2 Å². The van der Waals surface area contributed by atoms with E-state index >= 15 is 0 Å². The summed E-state index contributed by atoms with van der Waals surface area (Å²) in [5.41, 5.74) is 3.94. The van der Waals surface area contributed by atoms with Crippen LogP contribution in [0.15, 0.2) is 48.5 Å². The van der Waals surface area contributed by atoms with Crippen molar-refractivity contribution in [3.8, 4) is 0 Å². The lowest BCUT2D eigenvalue weighted by molar-refractivity contribution is 0.251. The number of rotatable bonds is 38. The van der Waals surface area contributed by atoms with Crippen molar-refractivity contribution in [3.05, 3.63) is 59.7 Å². The Morgan fingerprint density at radius 1 is 0.333 bits per heavy atom. The van der Waals surface area contributed by atoms with Gasteiger partial charge in [0.25, 0.3) is 0 Å². The zero-order valence-electron chi connectivity index (χ0n) is 37.2. The summed E-state index contributed by atoms with van der Waals surface area (Å²) in [5, 5.41) is 11.9. The largest absolute Gasteiger partial charge is 0.338 e. The van der Waals surface area contributed by atoms with E-state index in [0.29, 0.717) is 13.1 Å². The Bertz CT molecular complexity index is 1110. The van der Waals surface area contributed by atoms with E-state index in [0.717, 1.165) is 30.6 Å². The Morgan fingerprint density at radius 2 is 0.561 bits per heavy atom. The number of hydrogen-bond acceptors (Lipinski definition) is 2. The first kappa shape index (κ1) is 50.1. The van der Waals surface area contributed by atoms with Crippen LogP contribution < -0.4 is 21.3 Å². The van der Waals surface area contributed by atoms with Gasteiger partial charge in [0, 0.05) is 24.5 Å². The summed E-state index contributed by atoms with van der Waals surface area (Å²) in [6.07, 6.45) is 44.0. The molecule has 0 spiro atoms. The van der Waals surface area contributed by atoms with Crippen molar-refractivity contribution in [3.63, 3.8) is 0 Å². The third-order valence-electron chi connectivity index (χ3n) is 11.5. The van der Waals surface area contributed by atoms with E-state index in [1.165, 1.54) is 204 Å². The minimum absolute atomic E-state index is 0.138. The van der Waals surface area contributed by atoms with Crippen LogP contribution in [-0.2, 0) is 6.42 Å². The van der Waals surface area contributed by atoms with E-state index in [2.05, 4.69) is 59.4 Å². The fourth-order valence-corrected chi connectivity index (χ4v) is 7.75. The van der Waals surface area contributed by atoms with Gasteiger partial charge in [-0.3, -0.25) is 0 Å². The van der Waals surface area contributed by atoms with E-state index in [1.807, 2.05) is 24.3 Å². The minimum Gasteiger partial charge on any atom is -0.338 e. The predicted octanol–water partition coefficient (Wildman–Crippen LogP) is 16.0. The van der Waals surface area contributed by atoms with Crippen LogP contribution in [0, 0.1) is 0 Å². The zero-order valence-corrected chi connectivity index (χ0v) is 37.2. The minimum atomic E-state index is -0.138. The summed E-state index contributed by atoms with van der Waals surface area (Å²) in [5.74, 6) is 0. The predicted molar refractivity (Wildman–Crippen MR) is 249 cm³/mol. The zero-order chi connectivity index (χ0) is 40.7. The number of anilines is 2. The van der Waals surface area contributed by atoms with E-state index in [4.69, 9.17) is 0 Å². The lowest BCUT2D eigenvalue weighted by Crippen LogP contribution is -2.29. The van der Waals surface area contributed by atoms with Crippen LogP contribution in [0.2, 0.25) is 0 Å². The van der Waals surface area contributed by atoms with Crippen molar-refractivity contribution < 1.29 is 9.59 Å². The van der Waals surface area contributed by atoms with E-state index < -0.39 is 0 Å². The fourth-order valence-electron chi connectivity index (χ4n) is 7.75. The molecular formula is C51H88N4O2. The fraction of sp³-hybridized carbons (Fsp3) is 0.725. The molecule has 6 heteroatoms. The highest BCUT2D eigenvalue weighted by atomic mass is 16.2. The highest BCUT2D eigenvalue weighted by molar-refractivity contribution is 5.89. The van der Waals surface area contributed by atoms with Crippen molar-refractivity contribution >= 4 is 23.4 Å². The molecule has 6 nitrogen and oxygen atoms in total. The standard InChI is InChI=1S/C51H88N4O2/c1-3-5-7-9-11-13-15-17-19-21-23-25-27-29-31-33-43-52-50(56)54-48-39-35-46(36-40-48)45-47-37-41-49(42-38-47)55-51(57)53-44-34-32-30-28-26-24-22-20-18-16-14-12-10-8-6-4-2/h35-42H,3-34,43-45H2,1-2H3,(H2,52,54,56)(H2,53,55,57). The number of benzene rings is 2. The Hall–Kier alpha value is -3.02.